The van der Waals surface area contributed by atoms with E-state index in [0.717, 1.165) is 45.6 Å². The van der Waals surface area contributed by atoms with Gasteiger partial charge >= 0.3 is 5.69 Å². The predicted molar refractivity (Wildman–Crippen MR) is 114 cm³/mol. The topological polar surface area (TPSA) is 95.1 Å². The van der Waals surface area contributed by atoms with Gasteiger partial charge < -0.3 is 24.7 Å². The minimum Gasteiger partial charge on any atom is -0.508 e. The minimum absolute atomic E-state index is 0.0733. The summed E-state index contributed by atoms with van der Waals surface area (Å²) in [6.45, 7) is 6.18. The van der Waals surface area contributed by atoms with Gasteiger partial charge in [-0.1, -0.05) is 0 Å². The standard InChI is InChI=1S/C21H29N5O4/c1-23-9-11-24(12-10-23)7-2-3-8-25-20(28)15-26(21(25)29)22-18-6-13-30-19-5-4-16(27)14-17(18)19/h4-6,14-15,22,27-28H,2-3,7-13H2,1H3. The van der Waals surface area contributed by atoms with Crippen LogP contribution in [-0.4, -0.2) is 75.6 Å². The Balaban J connectivity index is 1.37. The molecule has 4 rings (SSSR count). The number of hydrogen-bond acceptors (Lipinski definition) is 7. The molecule has 0 unspecified atom stereocenters. The van der Waals surface area contributed by atoms with Crippen molar-refractivity contribution in [1.82, 2.24) is 19.0 Å². The molecule has 0 atom stereocenters. The molecule has 9 heteroatoms. The Hall–Kier alpha value is -2.91. The van der Waals surface area contributed by atoms with Crippen LogP contribution in [0.25, 0.3) is 5.70 Å². The molecule has 3 N–H and O–H groups in total. The number of aromatic hydroxyl groups is 2. The molecule has 2 aliphatic rings. The van der Waals surface area contributed by atoms with Gasteiger partial charge in [0.1, 0.15) is 18.1 Å². The molecule has 0 radical (unpaired) electrons. The second-order valence-electron chi connectivity index (χ2n) is 7.86. The Kier molecular flexibility index (Phi) is 6.01. The second-order valence-corrected chi connectivity index (χ2v) is 7.86. The first-order chi connectivity index (χ1) is 14.5. The maximum Gasteiger partial charge on any atom is 0.349 e. The van der Waals surface area contributed by atoms with E-state index >= 15 is 0 Å². The molecule has 0 bridgehead atoms. The maximum atomic E-state index is 12.8. The van der Waals surface area contributed by atoms with E-state index < -0.39 is 0 Å². The van der Waals surface area contributed by atoms with E-state index in [9.17, 15) is 15.0 Å². The molecule has 1 saturated heterocycles. The van der Waals surface area contributed by atoms with Gasteiger partial charge in [-0.3, -0.25) is 9.99 Å². The highest BCUT2D eigenvalue weighted by molar-refractivity contribution is 5.76. The van der Waals surface area contributed by atoms with Gasteiger partial charge in [-0.25, -0.2) is 9.47 Å². The number of aromatic nitrogens is 2. The number of rotatable bonds is 7. The van der Waals surface area contributed by atoms with Crippen molar-refractivity contribution in [2.24, 2.45) is 0 Å². The number of unbranched alkanes of at least 4 members (excludes halogenated alkanes) is 1. The van der Waals surface area contributed by atoms with Crippen molar-refractivity contribution >= 4 is 5.70 Å². The zero-order valence-electron chi connectivity index (χ0n) is 17.3. The van der Waals surface area contributed by atoms with Crippen LogP contribution in [0.15, 0.2) is 35.3 Å². The summed E-state index contributed by atoms with van der Waals surface area (Å²) in [6.07, 6.45) is 4.96. The number of nitrogens with one attached hydrogen (secondary N) is 1. The molecule has 3 heterocycles. The Bertz CT molecular complexity index is 972. The van der Waals surface area contributed by atoms with Crippen LogP contribution in [0.2, 0.25) is 0 Å². The van der Waals surface area contributed by atoms with Crippen molar-refractivity contribution in [2.45, 2.75) is 19.4 Å². The summed E-state index contributed by atoms with van der Waals surface area (Å²) in [7, 11) is 2.14. The van der Waals surface area contributed by atoms with Crippen molar-refractivity contribution < 1.29 is 14.9 Å². The molecule has 2 aromatic rings. The van der Waals surface area contributed by atoms with Crippen molar-refractivity contribution in [3.05, 3.63) is 46.5 Å². The fraction of sp³-hybridized carbons (Fsp3) is 0.476. The molecule has 1 aromatic carbocycles. The summed E-state index contributed by atoms with van der Waals surface area (Å²) in [6, 6.07) is 4.82. The smallest absolute Gasteiger partial charge is 0.349 e. The van der Waals surface area contributed by atoms with E-state index in [0.29, 0.717) is 30.2 Å². The molecule has 2 aliphatic heterocycles. The van der Waals surface area contributed by atoms with Gasteiger partial charge in [0.25, 0.3) is 0 Å². The number of fused-ring (bicyclic) bond motifs is 1. The first-order valence-corrected chi connectivity index (χ1v) is 10.4. The number of benzene rings is 1. The summed E-state index contributed by atoms with van der Waals surface area (Å²) < 4.78 is 8.19. The van der Waals surface area contributed by atoms with Crippen molar-refractivity contribution in [2.75, 3.05) is 51.8 Å². The lowest BCUT2D eigenvalue weighted by atomic mass is 10.1. The van der Waals surface area contributed by atoms with Crippen LogP contribution in [0.4, 0.5) is 0 Å². The van der Waals surface area contributed by atoms with Crippen molar-refractivity contribution in [3.63, 3.8) is 0 Å². The molecule has 0 aliphatic carbocycles. The Labute approximate surface area is 175 Å². The van der Waals surface area contributed by atoms with Crippen LogP contribution >= 0.6 is 0 Å². The van der Waals surface area contributed by atoms with E-state index in [1.54, 1.807) is 24.3 Å². The summed E-state index contributed by atoms with van der Waals surface area (Å²) >= 11 is 0. The normalized spacial score (nSPS) is 17.3. The van der Waals surface area contributed by atoms with Gasteiger partial charge in [0, 0.05) is 38.3 Å². The van der Waals surface area contributed by atoms with Gasteiger partial charge in [-0.15, -0.1) is 0 Å². The summed E-state index contributed by atoms with van der Waals surface area (Å²) in [4.78, 5) is 17.5. The lowest BCUT2D eigenvalue weighted by Gasteiger charge is -2.32. The van der Waals surface area contributed by atoms with Crippen LogP contribution < -0.4 is 15.9 Å². The van der Waals surface area contributed by atoms with E-state index in [1.165, 1.54) is 15.4 Å². The molecule has 0 spiro atoms. The Morgan fingerprint density at radius 2 is 1.87 bits per heavy atom. The third-order valence-electron chi connectivity index (χ3n) is 5.68. The molecule has 1 fully saturated rings. The molecule has 0 saturated carbocycles. The quantitative estimate of drug-likeness (QED) is 0.582. The second kappa shape index (κ2) is 8.85. The zero-order valence-corrected chi connectivity index (χ0v) is 17.3. The highest BCUT2D eigenvalue weighted by atomic mass is 16.5. The van der Waals surface area contributed by atoms with Gasteiger partial charge in [-0.2, -0.15) is 0 Å². The molecule has 9 nitrogen and oxygen atoms in total. The van der Waals surface area contributed by atoms with Gasteiger partial charge in [0.05, 0.1) is 11.9 Å². The van der Waals surface area contributed by atoms with E-state index in [1.807, 2.05) is 0 Å². The maximum absolute atomic E-state index is 12.8. The molecular formula is C21H29N5O4. The predicted octanol–water partition coefficient (Wildman–Crippen LogP) is 1.07. The third-order valence-corrected chi connectivity index (χ3v) is 5.68. The van der Waals surface area contributed by atoms with Crippen LogP contribution in [0.1, 0.15) is 18.4 Å². The SMILES string of the molecule is CN1CCN(CCCCn2c(O)cn(NC3=CCOc4ccc(O)cc43)c2=O)CC1. The Morgan fingerprint density at radius 1 is 1.10 bits per heavy atom. The van der Waals surface area contributed by atoms with Gasteiger partial charge in [0.2, 0.25) is 5.88 Å². The van der Waals surface area contributed by atoms with Gasteiger partial charge in [-0.05, 0) is 50.7 Å². The summed E-state index contributed by atoms with van der Waals surface area (Å²) in [5.74, 6) is 0.661. The molecular weight excluding hydrogens is 386 g/mol. The number of phenolic OH excluding ortho intramolecular Hbond substituents is 1. The Morgan fingerprint density at radius 3 is 2.67 bits per heavy atom. The fourth-order valence-electron chi connectivity index (χ4n) is 3.85. The molecule has 0 amide bonds. The third kappa shape index (κ3) is 4.47. The highest BCUT2D eigenvalue weighted by Crippen LogP contribution is 2.31. The van der Waals surface area contributed by atoms with Crippen LogP contribution in [0.5, 0.6) is 17.4 Å². The van der Waals surface area contributed by atoms with Crippen LogP contribution in [0.3, 0.4) is 0 Å². The van der Waals surface area contributed by atoms with Crippen LogP contribution in [0, 0.1) is 0 Å². The zero-order chi connectivity index (χ0) is 21.1. The largest absolute Gasteiger partial charge is 0.508 e. The average molecular weight is 415 g/mol. The van der Waals surface area contributed by atoms with Crippen LogP contribution in [-0.2, 0) is 6.54 Å². The lowest BCUT2D eigenvalue weighted by molar-refractivity contribution is 0.151. The monoisotopic (exact) mass is 415 g/mol. The lowest BCUT2D eigenvalue weighted by Crippen LogP contribution is -2.44. The fourth-order valence-corrected chi connectivity index (χ4v) is 3.85. The number of likely N-dealkylation sites (N-methyl/N-ethyl adjacent to an activating group) is 1. The number of hydrogen-bond donors (Lipinski definition) is 3. The number of phenols is 1. The number of imidazole rings is 1. The number of piperazine rings is 1. The minimum atomic E-state index is -0.332. The van der Waals surface area contributed by atoms with E-state index in [-0.39, 0.29) is 17.3 Å². The van der Waals surface area contributed by atoms with E-state index in [2.05, 4.69) is 22.3 Å². The molecule has 1 aromatic heterocycles. The van der Waals surface area contributed by atoms with Crippen molar-refractivity contribution in [1.29, 1.82) is 0 Å². The molecule has 162 valence electrons. The van der Waals surface area contributed by atoms with Gasteiger partial charge in [0.15, 0.2) is 0 Å². The highest BCUT2D eigenvalue weighted by Gasteiger charge is 2.18. The molecule has 30 heavy (non-hydrogen) atoms. The number of ether oxygens (including phenoxy) is 1. The van der Waals surface area contributed by atoms with Crippen molar-refractivity contribution in [3.8, 4) is 17.4 Å². The number of nitrogens with zero attached hydrogens (tertiary/aromatic N) is 4. The van der Waals surface area contributed by atoms with E-state index in [4.69, 9.17) is 4.74 Å². The first-order valence-electron chi connectivity index (χ1n) is 10.4. The summed E-state index contributed by atoms with van der Waals surface area (Å²) in [5.41, 5.74) is 3.99. The average Bonchev–Trinajstić information content (AvgIpc) is 3.00. The first kappa shape index (κ1) is 20.4. The summed E-state index contributed by atoms with van der Waals surface area (Å²) in [5, 5.41) is 20.0.